The number of hydrogen-bond acceptors (Lipinski definition) is 3. The van der Waals surface area contributed by atoms with Crippen molar-refractivity contribution in [1.82, 2.24) is 0 Å². The molecule has 0 bridgehead atoms. The number of carbonyl (C=O) groups is 1. The van der Waals surface area contributed by atoms with E-state index in [1.54, 1.807) is 36.4 Å². The molecule has 0 radical (unpaired) electrons. The minimum atomic E-state index is -0.661. The summed E-state index contributed by atoms with van der Waals surface area (Å²) in [5, 5.41) is 12.0. The largest absolute Gasteiger partial charge is 0.455 e. The van der Waals surface area contributed by atoms with E-state index in [1.165, 1.54) is 24.3 Å². The molecule has 0 spiro atoms. The van der Waals surface area contributed by atoms with Crippen LogP contribution in [0.15, 0.2) is 82.8 Å². The maximum absolute atomic E-state index is 13.9. The summed E-state index contributed by atoms with van der Waals surface area (Å²) in [6.45, 7) is 0. The summed E-state index contributed by atoms with van der Waals surface area (Å²) < 4.78 is 20.4. The molecule has 0 unspecified atom stereocenters. The molecule has 0 heterocycles. The van der Waals surface area contributed by atoms with Crippen molar-refractivity contribution in [2.75, 3.05) is 5.32 Å². The summed E-state index contributed by atoms with van der Waals surface area (Å²) in [5.74, 6) is -0.160. The van der Waals surface area contributed by atoms with Gasteiger partial charge >= 0.3 is 0 Å². The monoisotopic (exact) mass is 436 g/mol. The maximum atomic E-state index is 13.9. The third-order valence-corrected chi connectivity index (χ3v) is 4.22. The van der Waals surface area contributed by atoms with Crippen LogP contribution in [0.2, 0.25) is 0 Å². The number of nitrogens with zero attached hydrogens (tertiary/aromatic N) is 1. The molecule has 28 heavy (non-hydrogen) atoms. The zero-order chi connectivity index (χ0) is 19.9. The fourth-order valence-corrected chi connectivity index (χ4v) is 2.77. The van der Waals surface area contributed by atoms with Crippen LogP contribution >= 0.6 is 15.9 Å². The van der Waals surface area contributed by atoms with Crippen LogP contribution < -0.4 is 10.1 Å². The molecule has 0 aliphatic heterocycles. The maximum Gasteiger partial charge on any atom is 0.266 e. The van der Waals surface area contributed by atoms with Gasteiger partial charge in [0, 0.05) is 10.0 Å². The number of rotatable bonds is 5. The molecule has 1 N–H and O–H groups in total. The Morgan fingerprint density at radius 3 is 2.54 bits per heavy atom. The lowest BCUT2D eigenvalue weighted by atomic mass is 10.1. The van der Waals surface area contributed by atoms with Crippen LogP contribution in [0.3, 0.4) is 0 Å². The molecule has 0 aliphatic rings. The molecule has 0 fully saturated rings. The molecule has 138 valence electrons. The minimum absolute atomic E-state index is 0.134. The predicted octanol–water partition coefficient (Wildman–Crippen LogP) is 5.93. The number of para-hydroxylation sites is 3. The van der Waals surface area contributed by atoms with Crippen molar-refractivity contribution in [1.29, 1.82) is 5.26 Å². The Morgan fingerprint density at radius 2 is 1.79 bits per heavy atom. The lowest BCUT2D eigenvalue weighted by molar-refractivity contribution is -0.112. The first-order valence-electron chi connectivity index (χ1n) is 8.27. The van der Waals surface area contributed by atoms with Crippen LogP contribution in [0.1, 0.15) is 5.56 Å². The first kappa shape index (κ1) is 19.3. The van der Waals surface area contributed by atoms with Crippen LogP contribution in [0.4, 0.5) is 10.1 Å². The van der Waals surface area contributed by atoms with Crippen LogP contribution in [-0.2, 0) is 4.79 Å². The molecule has 0 atom stereocenters. The highest BCUT2D eigenvalue weighted by Crippen LogP contribution is 2.29. The Balaban J connectivity index is 1.85. The standard InChI is InChI=1S/C22H14BrFN2O2/c23-17-10-11-19(24)15(13-17)12-16(14-25)22(27)26-20-8-4-5-9-21(20)28-18-6-2-1-3-7-18/h1-13H,(H,26,27)/b16-12+. The van der Waals surface area contributed by atoms with Gasteiger partial charge in [-0.2, -0.15) is 5.26 Å². The molecule has 3 aromatic rings. The van der Waals surface area contributed by atoms with Crippen molar-refractivity contribution < 1.29 is 13.9 Å². The van der Waals surface area contributed by atoms with Gasteiger partial charge in [-0.15, -0.1) is 0 Å². The number of nitriles is 1. The van der Waals surface area contributed by atoms with Gasteiger partial charge in [0.1, 0.15) is 23.2 Å². The predicted molar refractivity (Wildman–Crippen MR) is 109 cm³/mol. The fraction of sp³-hybridized carbons (Fsp3) is 0. The summed E-state index contributed by atoms with van der Waals surface area (Å²) in [5.41, 5.74) is 0.300. The number of nitrogens with one attached hydrogen (secondary N) is 1. The third kappa shape index (κ3) is 4.84. The molecular formula is C22H14BrFN2O2. The second-order valence-corrected chi connectivity index (χ2v) is 6.62. The number of amides is 1. The number of hydrogen-bond donors (Lipinski definition) is 1. The Kier molecular flexibility index (Phi) is 6.20. The van der Waals surface area contributed by atoms with Gasteiger partial charge in [-0.25, -0.2) is 4.39 Å². The van der Waals surface area contributed by atoms with Crippen LogP contribution in [0, 0.1) is 17.1 Å². The molecule has 3 aromatic carbocycles. The highest BCUT2D eigenvalue weighted by atomic mass is 79.9. The third-order valence-electron chi connectivity index (χ3n) is 3.73. The van der Waals surface area contributed by atoms with Gasteiger partial charge in [0.05, 0.1) is 5.69 Å². The van der Waals surface area contributed by atoms with Crippen molar-refractivity contribution >= 4 is 33.6 Å². The molecule has 0 saturated heterocycles. The van der Waals surface area contributed by atoms with Crippen LogP contribution in [0.25, 0.3) is 6.08 Å². The van der Waals surface area contributed by atoms with E-state index in [0.29, 0.717) is 21.7 Å². The molecule has 0 saturated carbocycles. The summed E-state index contributed by atoms with van der Waals surface area (Å²) in [7, 11) is 0. The van der Waals surface area contributed by atoms with E-state index >= 15 is 0 Å². The van der Waals surface area contributed by atoms with E-state index in [2.05, 4.69) is 21.2 Å². The van der Waals surface area contributed by atoms with Gasteiger partial charge in [0.2, 0.25) is 0 Å². The number of anilines is 1. The van der Waals surface area contributed by atoms with Crippen LogP contribution in [-0.4, -0.2) is 5.91 Å². The van der Waals surface area contributed by atoms with Crippen molar-refractivity contribution in [2.24, 2.45) is 0 Å². The van der Waals surface area contributed by atoms with Crippen LogP contribution in [0.5, 0.6) is 11.5 Å². The zero-order valence-electron chi connectivity index (χ0n) is 14.5. The van der Waals surface area contributed by atoms with E-state index in [1.807, 2.05) is 24.3 Å². The van der Waals surface area contributed by atoms with E-state index in [-0.39, 0.29) is 11.1 Å². The second-order valence-electron chi connectivity index (χ2n) is 5.70. The second kappa shape index (κ2) is 8.98. The Hall–Kier alpha value is -3.43. The number of ether oxygens (including phenoxy) is 1. The molecule has 0 aliphatic carbocycles. The zero-order valence-corrected chi connectivity index (χ0v) is 16.1. The number of halogens is 2. The Morgan fingerprint density at radius 1 is 1.07 bits per heavy atom. The summed E-state index contributed by atoms with van der Waals surface area (Å²) >= 11 is 3.24. The molecule has 3 rings (SSSR count). The molecule has 6 heteroatoms. The van der Waals surface area contributed by atoms with E-state index < -0.39 is 11.7 Å². The van der Waals surface area contributed by atoms with Gasteiger partial charge in [0.25, 0.3) is 5.91 Å². The van der Waals surface area contributed by atoms with E-state index in [9.17, 15) is 14.4 Å². The van der Waals surface area contributed by atoms with E-state index in [0.717, 1.165) is 0 Å². The summed E-state index contributed by atoms with van der Waals surface area (Å²) in [6, 6.07) is 22.1. The normalized spacial score (nSPS) is 10.8. The first-order chi connectivity index (χ1) is 13.6. The van der Waals surface area contributed by atoms with Crippen molar-refractivity contribution in [3.05, 3.63) is 94.2 Å². The van der Waals surface area contributed by atoms with Gasteiger partial charge in [-0.3, -0.25) is 4.79 Å². The highest BCUT2D eigenvalue weighted by molar-refractivity contribution is 9.10. The quantitative estimate of drug-likeness (QED) is 0.398. The lowest BCUT2D eigenvalue weighted by Crippen LogP contribution is -2.14. The average molecular weight is 437 g/mol. The van der Waals surface area contributed by atoms with Crippen molar-refractivity contribution in [3.8, 4) is 17.6 Å². The lowest BCUT2D eigenvalue weighted by Gasteiger charge is -2.12. The molecular weight excluding hydrogens is 423 g/mol. The van der Waals surface area contributed by atoms with E-state index in [4.69, 9.17) is 4.74 Å². The first-order valence-corrected chi connectivity index (χ1v) is 9.06. The molecule has 0 aromatic heterocycles. The molecule has 4 nitrogen and oxygen atoms in total. The van der Waals surface area contributed by atoms with Gasteiger partial charge in [-0.1, -0.05) is 46.3 Å². The minimum Gasteiger partial charge on any atom is -0.455 e. The van der Waals surface area contributed by atoms with Crippen molar-refractivity contribution in [2.45, 2.75) is 0 Å². The Labute approximate surface area is 170 Å². The topological polar surface area (TPSA) is 62.1 Å². The van der Waals surface area contributed by atoms with Gasteiger partial charge < -0.3 is 10.1 Å². The average Bonchev–Trinajstić information content (AvgIpc) is 2.70. The number of carbonyl (C=O) groups excluding carboxylic acids is 1. The molecule has 1 amide bonds. The smallest absolute Gasteiger partial charge is 0.266 e. The fourth-order valence-electron chi connectivity index (χ4n) is 2.39. The van der Waals surface area contributed by atoms with Crippen molar-refractivity contribution in [3.63, 3.8) is 0 Å². The Bertz CT molecular complexity index is 1080. The summed E-state index contributed by atoms with van der Waals surface area (Å²) in [6.07, 6.45) is 1.20. The van der Waals surface area contributed by atoms with Gasteiger partial charge in [-0.05, 0) is 48.5 Å². The van der Waals surface area contributed by atoms with Gasteiger partial charge in [0.15, 0.2) is 5.75 Å². The SMILES string of the molecule is N#C/C(=C\c1cc(Br)ccc1F)C(=O)Nc1ccccc1Oc1ccccc1. The highest BCUT2D eigenvalue weighted by Gasteiger charge is 2.14. The summed E-state index contributed by atoms with van der Waals surface area (Å²) in [4.78, 5) is 12.6. The number of benzene rings is 3.